The first kappa shape index (κ1) is 18.8. The lowest BCUT2D eigenvalue weighted by Crippen LogP contribution is -2.45. The van der Waals surface area contributed by atoms with Crippen LogP contribution in [0.2, 0.25) is 0 Å². The van der Waals surface area contributed by atoms with E-state index in [1.54, 1.807) is 0 Å². The number of anilines is 1. The van der Waals surface area contributed by atoms with Crippen LogP contribution in [-0.2, 0) is 14.6 Å². The average Bonchev–Trinajstić information content (AvgIpc) is 3.15. The molecule has 0 saturated carbocycles. The summed E-state index contributed by atoms with van der Waals surface area (Å²) in [6, 6.07) is -1.24. The molecule has 13 heteroatoms. The lowest BCUT2D eigenvalue weighted by atomic mass is 10.1. The van der Waals surface area contributed by atoms with Gasteiger partial charge in [0.1, 0.15) is 42.5 Å². The van der Waals surface area contributed by atoms with Gasteiger partial charge in [0, 0.05) is 5.75 Å². The van der Waals surface area contributed by atoms with Gasteiger partial charge in [-0.2, -0.15) is 0 Å². The molecule has 0 spiro atoms. The van der Waals surface area contributed by atoms with Crippen LogP contribution in [0, 0.1) is 0 Å². The van der Waals surface area contributed by atoms with Crippen LogP contribution in [0.3, 0.4) is 0 Å². The Kier molecular flexibility index (Phi) is 5.01. The Hall–Kier alpha value is -2.03. The number of carboxylic acid groups (broad SMARTS) is 1. The summed E-state index contributed by atoms with van der Waals surface area (Å²) in [5.41, 5.74) is 11.8. The Bertz CT molecular complexity index is 820. The van der Waals surface area contributed by atoms with E-state index in [4.69, 9.17) is 21.3 Å². The normalized spacial score (nSPS) is 29.9. The zero-order valence-electron chi connectivity index (χ0n) is 13.3. The topological polar surface area (TPSA) is 203 Å². The second-order valence-corrected chi connectivity index (χ2v) is 6.91. The van der Waals surface area contributed by atoms with Crippen molar-refractivity contribution in [1.29, 1.82) is 0 Å². The van der Waals surface area contributed by atoms with Gasteiger partial charge in [-0.1, -0.05) is 11.8 Å². The molecule has 3 heterocycles. The van der Waals surface area contributed by atoms with Gasteiger partial charge in [-0.05, 0) is 0 Å². The molecule has 0 aliphatic carbocycles. The summed E-state index contributed by atoms with van der Waals surface area (Å²) in [6.07, 6.45) is -1.58. The summed E-state index contributed by atoms with van der Waals surface area (Å²) in [5.74, 6) is -1.29. The summed E-state index contributed by atoms with van der Waals surface area (Å²) in [6.45, 7) is -0.560. The number of nitrogen functional groups attached to an aromatic ring is 1. The number of nitrogens with two attached hydrogens (primary N) is 2. The highest BCUT2D eigenvalue weighted by Crippen LogP contribution is 2.46. The second kappa shape index (κ2) is 6.94. The third kappa shape index (κ3) is 2.87. The molecule has 0 unspecified atom stereocenters. The summed E-state index contributed by atoms with van der Waals surface area (Å²) in [7, 11) is 0. The fourth-order valence-corrected chi connectivity index (χ4v) is 4.01. The maximum absolute atomic E-state index is 11.0. The number of aliphatic hydroxyl groups excluding tert-OH is 3. The van der Waals surface area contributed by atoms with Gasteiger partial charge in [0.2, 0.25) is 5.06 Å². The lowest BCUT2D eigenvalue weighted by Gasteiger charge is -2.33. The number of nitrogens with zero attached hydrogens (tertiary/aromatic N) is 4. The van der Waals surface area contributed by atoms with E-state index in [9.17, 15) is 20.1 Å². The molecule has 0 bridgehead atoms. The number of imidazole rings is 1. The fourth-order valence-electron chi connectivity index (χ4n) is 2.67. The quantitative estimate of drug-likeness (QED) is 0.300. The average molecular weight is 386 g/mol. The number of aromatic nitrogens is 4. The Labute approximate surface area is 150 Å². The highest BCUT2D eigenvalue weighted by Gasteiger charge is 2.57. The Morgan fingerprint density at radius 3 is 2.77 bits per heavy atom. The highest BCUT2D eigenvalue weighted by atomic mass is 32.2. The van der Waals surface area contributed by atoms with Crippen LogP contribution < -0.4 is 11.5 Å². The number of rotatable bonds is 6. The number of carbonyl (C=O) groups is 1. The van der Waals surface area contributed by atoms with Gasteiger partial charge in [0.25, 0.3) is 0 Å². The molecule has 2 aromatic heterocycles. The molecule has 12 nitrogen and oxygen atoms in total. The first-order valence-corrected chi connectivity index (χ1v) is 8.51. The van der Waals surface area contributed by atoms with Gasteiger partial charge in [-0.25, -0.2) is 15.0 Å². The minimum Gasteiger partial charge on any atom is -0.480 e. The molecule has 26 heavy (non-hydrogen) atoms. The number of hydrogen-bond acceptors (Lipinski definition) is 11. The zero-order valence-corrected chi connectivity index (χ0v) is 14.2. The van der Waals surface area contributed by atoms with Gasteiger partial charge < -0.3 is 36.6 Å². The predicted molar refractivity (Wildman–Crippen MR) is 89.8 cm³/mol. The molecular formula is C13H18N6O6S. The molecule has 0 amide bonds. The summed E-state index contributed by atoms with van der Waals surface area (Å²) in [5, 5.41) is 37.6. The molecule has 1 fully saturated rings. The Morgan fingerprint density at radius 2 is 2.15 bits per heavy atom. The minimum atomic E-state index is -1.71. The van der Waals surface area contributed by atoms with Crippen LogP contribution in [0.25, 0.3) is 11.2 Å². The zero-order chi connectivity index (χ0) is 19.1. The summed E-state index contributed by atoms with van der Waals surface area (Å²) < 4.78 is 7.05. The van der Waals surface area contributed by atoms with Crippen LogP contribution in [0.1, 0.15) is 0 Å². The van der Waals surface area contributed by atoms with E-state index in [1.807, 2.05) is 0 Å². The van der Waals surface area contributed by atoms with E-state index in [1.165, 1.54) is 17.2 Å². The van der Waals surface area contributed by atoms with Crippen molar-refractivity contribution in [3.63, 3.8) is 0 Å². The molecule has 3 rings (SSSR count). The van der Waals surface area contributed by atoms with Crippen LogP contribution in [0.5, 0.6) is 0 Å². The monoisotopic (exact) mass is 386 g/mol. The number of ether oxygens (including phenoxy) is 1. The molecular weight excluding hydrogens is 368 g/mol. The van der Waals surface area contributed by atoms with Crippen molar-refractivity contribution in [2.24, 2.45) is 5.73 Å². The number of aliphatic hydroxyl groups is 3. The van der Waals surface area contributed by atoms with Gasteiger partial charge in [0.15, 0.2) is 11.5 Å². The predicted octanol–water partition coefficient (Wildman–Crippen LogP) is -2.72. The number of thioether (sulfide) groups is 1. The van der Waals surface area contributed by atoms with Crippen molar-refractivity contribution in [3.8, 4) is 0 Å². The number of aliphatic carboxylic acids is 1. The third-order valence-corrected chi connectivity index (χ3v) is 5.54. The molecule has 1 aliphatic heterocycles. The molecule has 8 N–H and O–H groups in total. The summed E-state index contributed by atoms with van der Waals surface area (Å²) in [4.78, 5) is 23.0. The van der Waals surface area contributed by atoms with Crippen molar-refractivity contribution >= 4 is 34.7 Å². The number of fused-ring (bicyclic) bond motifs is 1. The Morgan fingerprint density at radius 1 is 1.42 bits per heavy atom. The van der Waals surface area contributed by atoms with Crippen LogP contribution >= 0.6 is 11.8 Å². The molecule has 5 atom stereocenters. The number of carboxylic acids is 1. The van der Waals surface area contributed by atoms with E-state index >= 15 is 0 Å². The van der Waals surface area contributed by atoms with Crippen LogP contribution in [-0.4, -0.2) is 82.6 Å². The van der Waals surface area contributed by atoms with Crippen molar-refractivity contribution in [2.75, 3.05) is 18.1 Å². The Balaban J connectivity index is 2.08. The largest absolute Gasteiger partial charge is 0.480 e. The van der Waals surface area contributed by atoms with Crippen molar-refractivity contribution in [1.82, 2.24) is 19.5 Å². The SMILES string of the molecule is Nc1ncnc2c1ncn2[C@]1(SC[C@H](N)C(=O)O)O[C@H](CO)[C@@H](O)[C@H]1O. The molecule has 142 valence electrons. The molecule has 0 radical (unpaired) electrons. The first-order chi connectivity index (χ1) is 12.3. The van der Waals surface area contributed by atoms with Crippen molar-refractivity contribution in [2.45, 2.75) is 29.4 Å². The van der Waals surface area contributed by atoms with Crippen molar-refractivity contribution < 1.29 is 30.0 Å². The van der Waals surface area contributed by atoms with E-state index in [-0.39, 0.29) is 22.7 Å². The minimum absolute atomic E-state index is 0.0999. The van der Waals surface area contributed by atoms with Gasteiger partial charge in [-0.3, -0.25) is 9.36 Å². The van der Waals surface area contributed by atoms with Gasteiger partial charge in [0.05, 0.1) is 6.61 Å². The first-order valence-electron chi connectivity index (χ1n) is 7.53. The van der Waals surface area contributed by atoms with E-state index in [0.29, 0.717) is 0 Å². The van der Waals surface area contributed by atoms with Crippen LogP contribution in [0.15, 0.2) is 12.7 Å². The maximum Gasteiger partial charge on any atom is 0.321 e. The van der Waals surface area contributed by atoms with E-state index in [0.717, 1.165) is 11.8 Å². The van der Waals surface area contributed by atoms with Gasteiger partial charge >= 0.3 is 5.97 Å². The second-order valence-electron chi connectivity index (χ2n) is 5.71. The fraction of sp³-hybridized carbons (Fsp3) is 0.538. The van der Waals surface area contributed by atoms with Gasteiger partial charge in [-0.15, -0.1) is 0 Å². The van der Waals surface area contributed by atoms with E-state index < -0.39 is 42.0 Å². The molecule has 2 aromatic rings. The van der Waals surface area contributed by atoms with Crippen LogP contribution in [0.4, 0.5) is 5.82 Å². The standard InChI is InChI=1S/C13H18N6O6S/c14-5(12(23)24)2-26-13(9(22)8(21)6(1-20)25-13)19-4-18-7-10(15)16-3-17-11(7)19/h3-6,8-9,20-22H,1-2,14H2,(H,23,24)(H2,15,16,17)/t5-,6+,8+,9+,13-/m0/s1. The van der Waals surface area contributed by atoms with E-state index in [2.05, 4.69) is 15.0 Å². The highest BCUT2D eigenvalue weighted by molar-refractivity contribution is 8.00. The van der Waals surface area contributed by atoms with Crippen molar-refractivity contribution in [3.05, 3.63) is 12.7 Å². The molecule has 1 saturated heterocycles. The third-order valence-electron chi connectivity index (χ3n) is 4.06. The smallest absolute Gasteiger partial charge is 0.321 e. The summed E-state index contributed by atoms with van der Waals surface area (Å²) >= 11 is 0.850. The lowest BCUT2D eigenvalue weighted by molar-refractivity contribution is -0.137. The maximum atomic E-state index is 11.0. The molecule has 0 aromatic carbocycles. The molecule has 1 aliphatic rings. The number of hydrogen-bond donors (Lipinski definition) is 6.